The number of aliphatic hydroxyl groups excluding tert-OH is 2. The molecule has 0 aliphatic rings. The summed E-state index contributed by atoms with van der Waals surface area (Å²) in [5, 5.41) is 23.4. The monoisotopic (exact) mass is 1180 g/mol. The van der Waals surface area contributed by atoms with Crippen LogP contribution in [0.4, 0.5) is 0 Å². The number of carbonyl (C=O) groups excluding carboxylic acids is 2. The predicted molar refractivity (Wildman–Crippen MR) is 370 cm³/mol. The first kappa shape index (κ1) is 82.6. The van der Waals surface area contributed by atoms with Gasteiger partial charge in [0.1, 0.15) is 0 Å². The zero-order valence-electron chi connectivity index (χ0n) is 57.4. The average molecular weight is 1190 g/mol. The second kappa shape index (κ2) is 74.1. The Labute approximate surface area is 527 Å². The van der Waals surface area contributed by atoms with Crippen molar-refractivity contribution in [3.8, 4) is 0 Å². The Kier molecular flexibility index (Phi) is 72.8. The van der Waals surface area contributed by atoms with Crippen LogP contribution in [0.5, 0.6) is 0 Å². The summed E-state index contributed by atoms with van der Waals surface area (Å²) >= 11 is 0. The van der Waals surface area contributed by atoms with Crippen LogP contribution in [0.1, 0.15) is 450 Å². The molecule has 0 aromatic rings. The van der Waals surface area contributed by atoms with Gasteiger partial charge in [0.05, 0.1) is 25.4 Å². The smallest absolute Gasteiger partial charge is 0.305 e. The van der Waals surface area contributed by atoms with Crippen molar-refractivity contribution >= 4 is 11.9 Å². The van der Waals surface area contributed by atoms with Crippen molar-refractivity contribution in [1.29, 1.82) is 0 Å². The van der Waals surface area contributed by atoms with Crippen LogP contribution in [0.15, 0.2) is 12.2 Å². The van der Waals surface area contributed by atoms with Gasteiger partial charge in [-0.2, -0.15) is 0 Å². The zero-order valence-corrected chi connectivity index (χ0v) is 57.4. The molecule has 0 radical (unpaired) electrons. The summed E-state index contributed by atoms with van der Waals surface area (Å²) in [5.74, 6) is -0.00546. The summed E-state index contributed by atoms with van der Waals surface area (Å²) in [7, 11) is 0. The van der Waals surface area contributed by atoms with Crippen molar-refractivity contribution in [3.63, 3.8) is 0 Å². The Bertz CT molecular complexity index is 1270. The first-order valence-electron chi connectivity index (χ1n) is 38.9. The van der Waals surface area contributed by atoms with Crippen LogP contribution in [0.2, 0.25) is 0 Å². The van der Waals surface area contributed by atoms with Gasteiger partial charge in [0.15, 0.2) is 0 Å². The van der Waals surface area contributed by atoms with Gasteiger partial charge in [-0.25, -0.2) is 0 Å². The van der Waals surface area contributed by atoms with E-state index in [2.05, 4.69) is 31.3 Å². The second-order valence-electron chi connectivity index (χ2n) is 27.0. The molecule has 0 saturated heterocycles. The van der Waals surface area contributed by atoms with Gasteiger partial charge in [-0.15, -0.1) is 0 Å². The minimum atomic E-state index is -0.660. The fraction of sp³-hybridized carbons (Fsp3) is 0.949. The summed E-state index contributed by atoms with van der Waals surface area (Å²) in [6, 6.07) is -0.536. The van der Waals surface area contributed by atoms with E-state index >= 15 is 0 Å². The van der Waals surface area contributed by atoms with Crippen molar-refractivity contribution in [2.45, 2.75) is 463 Å². The first-order valence-corrected chi connectivity index (χ1v) is 38.9. The molecular formula is C78H153NO5. The summed E-state index contributed by atoms with van der Waals surface area (Å²) in [4.78, 5) is 24.6. The Morgan fingerprint density at radius 1 is 0.321 bits per heavy atom. The molecule has 6 heteroatoms. The Hall–Kier alpha value is -1.40. The standard InChI is InChI=1S/C78H153NO5/c1-3-5-7-9-11-13-15-17-19-39-44-48-52-56-60-64-68-72-78(83)84-73-69-65-61-57-53-49-45-41-38-36-34-32-30-28-26-24-22-20-21-23-25-27-29-31-33-35-37-40-43-47-51-55-59-63-67-71-77(82)79-75(74-80)76(81)70-66-62-58-54-50-46-42-18-16-14-12-10-8-6-4-2/h17,19,75-76,80-81H,3-16,18,20-74H2,1-2H3,(H,79,82)/b19-17-. The number of allylic oxidation sites excluding steroid dienone is 2. The molecular weight excluding hydrogens is 1030 g/mol. The number of hydrogen-bond acceptors (Lipinski definition) is 5. The lowest BCUT2D eigenvalue weighted by molar-refractivity contribution is -0.143. The molecule has 0 bridgehead atoms. The predicted octanol–water partition coefficient (Wildman–Crippen LogP) is 25.5. The van der Waals surface area contributed by atoms with Crippen LogP contribution in [0, 0.1) is 0 Å². The normalized spacial score (nSPS) is 12.5. The highest BCUT2D eigenvalue weighted by molar-refractivity contribution is 5.76. The molecule has 0 saturated carbocycles. The Morgan fingerprint density at radius 2 is 0.560 bits per heavy atom. The van der Waals surface area contributed by atoms with E-state index in [9.17, 15) is 19.8 Å². The number of carbonyl (C=O) groups is 2. The van der Waals surface area contributed by atoms with Gasteiger partial charge in [0, 0.05) is 12.8 Å². The van der Waals surface area contributed by atoms with Gasteiger partial charge >= 0.3 is 5.97 Å². The number of rotatable bonds is 74. The molecule has 1 amide bonds. The van der Waals surface area contributed by atoms with Crippen molar-refractivity contribution in [2.24, 2.45) is 0 Å². The first-order chi connectivity index (χ1) is 41.5. The molecule has 0 fully saturated rings. The maximum atomic E-state index is 12.5. The minimum absolute atomic E-state index is 0.0204. The lowest BCUT2D eigenvalue weighted by atomic mass is 10.0. The van der Waals surface area contributed by atoms with Gasteiger partial charge in [0.2, 0.25) is 5.91 Å². The summed E-state index contributed by atoms with van der Waals surface area (Å²) in [6.07, 6.45) is 93.1. The topological polar surface area (TPSA) is 95.9 Å². The third-order valence-electron chi connectivity index (χ3n) is 18.6. The number of hydrogen-bond donors (Lipinski definition) is 3. The molecule has 0 aliphatic heterocycles. The second-order valence-corrected chi connectivity index (χ2v) is 27.0. The van der Waals surface area contributed by atoms with E-state index in [1.54, 1.807) is 0 Å². The van der Waals surface area contributed by atoms with E-state index in [-0.39, 0.29) is 18.5 Å². The minimum Gasteiger partial charge on any atom is -0.466 e. The fourth-order valence-electron chi connectivity index (χ4n) is 12.6. The Balaban J connectivity index is 3.29. The van der Waals surface area contributed by atoms with Crippen molar-refractivity contribution in [3.05, 3.63) is 12.2 Å². The molecule has 3 N–H and O–H groups in total. The molecule has 500 valence electrons. The highest BCUT2D eigenvalue weighted by atomic mass is 16.5. The van der Waals surface area contributed by atoms with Gasteiger partial charge in [-0.05, 0) is 51.4 Å². The van der Waals surface area contributed by atoms with Gasteiger partial charge in [0.25, 0.3) is 0 Å². The summed E-state index contributed by atoms with van der Waals surface area (Å²) in [6.45, 7) is 5.00. The van der Waals surface area contributed by atoms with Crippen LogP contribution in [-0.2, 0) is 14.3 Å². The molecule has 84 heavy (non-hydrogen) atoms. The quantitative estimate of drug-likeness (QED) is 0.0320. The van der Waals surface area contributed by atoms with E-state index in [0.717, 1.165) is 38.5 Å². The van der Waals surface area contributed by atoms with Crippen molar-refractivity contribution in [2.75, 3.05) is 13.2 Å². The average Bonchev–Trinajstić information content (AvgIpc) is 3.53. The molecule has 0 aromatic heterocycles. The molecule has 0 spiro atoms. The highest BCUT2D eigenvalue weighted by Crippen LogP contribution is 2.20. The SMILES string of the molecule is CCCCCCCC/C=C\CCCCCCCCCC(=O)OCCCCCCCCCCCCCCCCCCCCCCCCCCCCCCCCCCCCCC(=O)NC(CO)C(O)CCCCCCCCCCCCCCCCC. The third-order valence-corrected chi connectivity index (χ3v) is 18.6. The number of esters is 1. The van der Waals surface area contributed by atoms with Gasteiger partial charge in [-0.3, -0.25) is 9.59 Å². The molecule has 2 atom stereocenters. The molecule has 0 aromatic carbocycles. The van der Waals surface area contributed by atoms with E-state index in [1.165, 1.54) is 379 Å². The lowest BCUT2D eigenvalue weighted by Gasteiger charge is -2.22. The summed E-state index contributed by atoms with van der Waals surface area (Å²) in [5.41, 5.74) is 0. The van der Waals surface area contributed by atoms with E-state index in [1.807, 2.05) is 0 Å². The summed E-state index contributed by atoms with van der Waals surface area (Å²) < 4.78 is 5.51. The van der Waals surface area contributed by atoms with E-state index < -0.39 is 12.1 Å². The van der Waals surface area contributed by atoms with Crippen LogP contribution in [0.25, 0.3) is 0 Å². The molecule has 0 heterocycles. The third kappa shape index (κ3) is 69.7. The van der Waals surface area contributed by atoms with Gasteiger partial charge in [-0.1, -0.05) is 398 Å². The Morgan fingerprint density at radius 3 is 0.845 bits per heavy atom. The van der Waals surface area contributed by atoms with Crippen LogP contribution in [0.3, 0.4) is 0 Å². The van der Waals surface area contributed by atoms with Crippen LogP contribution >= 0.6 is 0 Å². The van der Waals surface area contributed by atoms with Crippen LogP contribution < -0.4 is 5.32 Å². The largest absolute Gasteiger partial charge is 0.466 e. The number of aliphatic hydroxyl groups is 2. The van der Waals surface area contributed by atoms with Crippen molar-refractivity contribution in [1.82, 2.24) is 5.32 Å². The maximum absolute atomic E-state index is 12.5. The molecule has 0 aliphatic carbocycles. The number of unbranched alkanes of at least 4 members (excludes halogenated alkanes) is 61. The highest BCUT2D eigenvalue weighted by Gasteiger charge is 2.20. The number of amides is 1. The molecule has 2 unspecified atom stereocenters. The van der Waals surface area contributed by atoms with Crippen LogP contribution in [-0.4, -0.2) is 47.4 Å². The van der Waals surface area contributed by atoms with Crippen molar-refractivity contribution < 1.29 is 24.5 Å². The lowest BCUT2D eigenvalue weighted by Crippen LogP contribution is -2.45. The van der Waals surface area contributed by atoms with Gasteiger partial charge < -0.3 is 20.3 Å². The fourth-order valence-corrected chi connectivity index (χ4v) is 12.6. The molecule has 6 nitrogen and oxygen atoms in total. The number of nitrogens with one attached hydrogen (secondary N) is 1. The zero-order chi connectivity index (χ0) is 60.6. The maximum Gasteiger partial charge on any atom is 0.305 e. The number of ether oxygens (including phenoxy) is 1. The molecule has 0 rings (SSSR count). The van der Waals surface area contributed by atoms with E-state index in [4.69, 9.17) is 4.74 Å². The van der Waals surface area contributed by atoms with E-state index in [0.29, 0.717) is 25.9 Å².